The molecule has 0 saturated carbocycles. The molecule has 0 radical (unpaired) electrons. The van der Waals surface area contributed by atoms with E-state index in [1.54, 1.807) is 23.0 Å². The second kappa shape index (κ2) is 6.81. The van der Waals surface area contributed by atoms with Gasteiger partial charge in [0.15, 0.2) is 17.2 Å². The fourth-order valence-corrected chi connectivity index (χ4v) is 4.55. The molecule has 0 bridgehead atoms. The van der Waals surface area contributed by atoms with Gasteiger partial charge in [-0.3, -0.25) is 9.38 Å². The van der Waals surface area contributed by atoms with Crippen molar-refractivity contribution in [3.63, 3.8) is 0 Å². The highest BCUT2D eigenvalue weighted by atomic mass is 35.5. The Morgan fingerprint density at radius 2 is 2.00 bits per heavy atom. The normalized spacial score (nSPS) is 16.9. The van der Waals surface area contributed by atoms with Crippen molar-refractivity contribution in [2.75, 3.05) is 18.5 Å². The number of pyridine rings is 2. The van der Waals surface area contributed by atoms with Gasteiger partial charge in [0, 0.05) is 35.0 Å². The minimum Gasteiger partial charge on any atom is -0.493 e. The van der Waals surface area contributed by atoms with Gasteiger partial charge in [-0.1, -0.05) is 11.6 Å². The van der Waals surface area contributed by atoms with Gasteiger partial charge in [0.2, 0.25) is 0 Å². The molecule has 0 amide bonds. The van der Waals surface area contributed by atoms with Crippen LogP contribution in [0.1, 0.15) is 22.7 Å². The van der Waals surface area contributed by atoms with Crippen LogP contribution in [0, 0.1) is 12.7 Å². The van der Waals surface area contributed by atoms with Crippen molar-refractivity contribution >= 4 is 23.1 Å². The first-order valence-electron chi connectivity index (χ1n) is 9.90. The number of hydrogen-bond donors (Lipinski definition) is 1. The summed E-state index contributed by atoms with van der Waals surface area (Å²) in [6, 6.07) is 6.87. The largest absolute Gasteiger partial charge is 0.493 e. The van der Waals surface area contributed by atoms with E-state index in [2.05, 4.69) is 20.5 Å². The third-order valence-electron chi connectivity index (χ3n) is 5.87. The van der Waals surface area contributed by atoms with E-state index in [4.69, 9.17) is 21.1 Å². The molecule has 5 heterocycles. The summed E-state index contributed by atoms with van der Waals surface area (Å²) in [5, 5.41) is 12.3. The maximum Gasteiger partial charge on any atom is 0.170 e. The van der Waals surface area contributed by atoms with E-state index in [9.17, 15) is 4.39 Å². The number of ether oxygens (including phenoxy) is 2. The van der Waals surface area contributed by atoms with E-state index in [1.165, 1.54) is 6.07 Å². The lowest BCUT2D eigenvalue weighted by Crippen LogP contribution is -2.13. The number of aryl methyl sites for hydroxylation is 1. The number of benzene rings is 1. The maximum absolute atomic E-state index is 14.7. The van der Waals surface area contributed by atoms with Crippen molar-refractivity contribution in [1.29, 1.82) is 0 Å². The monoisotopic (exact) mass is 437 g/mol. The van der Waals surface area contributed by atoms with E-state index in [0.717, 1.165) is 22.4 Å². The number of anilines is 1. The van der Waals surface area contributed by atoms with Crippen LogP contribution in [0.25, 0.3) is 16.8 Å². The molecule has 31 heavy (non-hydrogen) atoms. The second-order valence-corrected chi connectivity index (χ2v) is 8.04. The molecule has 0 fully saturated rings. The molecule has 4 aromatic rings. The minimum atomic E-state index is -0.263. The summed E-state index contributed by atoms with van der Waals surface area (Å²) >= 11 is 6.56. The van der Waals surface area contributed by atoms with Crippen LogP contribution >= 0.6 is 11.6 Å². The summed E-state index contributed by atoms with van der Waals surface area (Å²) in [6.45, 7) is 2.95. The van der Waals surface area contributed by atoms with Crippen LogP contribution in [-0.2, 0) is 6.54 Å². The standard InChI is InChI=1S/C22H17ClFN5O2/c1-11-20(23)13(4-5-25-11)14-6-18-22(29-10-27-28-21(14)29)26-7-15-16(24)2-3-17-19(15)12(8-30-17)9-31-18/h2-6,10,12,26H,7-9H2,1H3/t12-/m1/s1. The molecule has 6 rings (SSSR count). The Kier molecular flexibility index (Phi) is 4.04. The molecular formula is C22H17ClFN5O2. The van der Waals surface area contributed by atoms with Gasteiger partial charge in [-0.2, -0.15) is 0 Å². The van der Waals surface area contributed by atoms with Gasteiger partial charge in [-0.25, -0.2) is 4.39 Å². The third-order valence-corrected chi connectivity index (χ3v) is 6.35. The molecule has 0 spiro atoms. The Labute approximate surface area is 181 Å². The van der Waals surface area contributed by atoms with E-state index < -0.39 is 0 Å². The fraction of sp³-hybridized carbons (Fsp3) is 0.227. The summed E-state index contributed by atoms with van der Waals surface area (Å²) in [4.78, 5) is 4.25. The highest BCUT2D eigenvalue weighted by Gasteiger charge is 2.31. The summed E-state index contributed by atoms with van der Waals surface area (Å²) in [5.74, 6) is 1.66. The molecule has 1 atom stereocenters. The van der Waals surface area contributed by atoms with Crippen LogP contribution < -0.4 is 14.8 Å². The Balaban J connectivity index is 1.54. The summed E-state index contributed by atoms with van der Waals surface area (Å²) in [6.07, 6.45) is 3.31. The first-order valence-corrected chi connectivity index (χ1v) is 10.3. The number of halogens is 2. The predicted octanol–water partition coefficient (Wildman–Crippen LogP) is 4.37. The van der Waals surface area contributed by atoms with Crippen molar-refractivity contribution < 1.29 is 13.9 Å². The van der Waals surface area contributed by atoms with Gasteiger partial charge in [-0.05, 0) is 31.2 Å². The molecular weight excluding hydrogens is 421 g/mol. The summed E-state index contributed by atoms with van der Waals surface area (Å²) in [7, 11) is 0. The average molecular weight is 438 g/mol. The lowest BCUT2D eigenvalue weighted by molar-refractivity contribution is 0.249. The molecule has 156 valence electrons. The molecule has 0 unspecified atom stereocenters. The van der Waals surface area contributed by atoms with Gasteiger partial charge in [0.05, 0.1) is 29.8 Å². The quantitative estimate of drug-likeness (QED) is 0.476. The van der Waals surface area contributed by atoms with Crippen molar-refractivity contribution in [2.24, 2.45) is 0 Å². The Bertz CT molecular complexity index is 1360. The van der Waals surface area contributed by atoms with Crippen LogP contribution in [0.5, 0.6) is 11.5 Å². The molecule has 1 N–H and O–H groups in total. The molecule has 0 saturated heterocycles. The van der Waals surface area contributed by atoms with Gasteiger partial charge in [-0.15, -0.1) is 10.2 Å². The average Bonchev–Trinajstić information content (AvgIpc) is 3.41. The smallest absolute Gasteiger partial charge is 0.170 e. The van der Waals surface area contributed by atoms with E-state index in [0.29, 0.717) is 46.8 Å². The predicted molar refractivity (Wildman–Crippen MR) is 113 cm³/mol. The molecule has 2 aliphatic heterocycles. The first kappa shape index (κ1) is 18.4. The van der Waals surface area contributed by atoms with E-state index >= 15 is 0 Å². The molecule has 7 nitrogen and oxygen atoms in total. The number of nitrogens with one attached hydrogen (secondary N) is 1. The highest BCUT2D eigenvalue weighted by molar-refractivity contribution is 6.34. The number of nitrogens with zero attached hydrogens (tertiary/aromatic N) is 4. The minimum absolute atomic E-state index is 0.0553. The lowest BCUT2D eigenvalue weighted by Gasteiger charge is -2.17. The zero-order chi connectivity index (χ0) is 21.1. The Morgan fingerprint density at radius 1 is 1.16 bits per heavy atom. The zero-order valence-electron chi connectivity index (χ0n) is 16.5. The van der Waals surface area contributed by atoms with Crippen LogP contribution in [-0.4, -0.2) is 32.8 Å². The zero-order valence-corrected chi connectivity index (χ0v) is 17.3. The number of aromatic nitrogens is 4. The second-order valence-electron chi connectivity index (χ2n) is 7.66. The Hall–Kier alpha value is -3.39. The van der Waals surface area contributed by atoms with Crippen molar-refractivity contribution in [1.82, 2.24) is 19.6 Å². The van der Waals surface area contributed by atoms with Crippen LogP contribution in [0.4, 0.5) is 10.2 Å². The first-order chi connectivity index (χ1) is 15.1. The Morgan fingerprint density at radius 3 is 2.87 bits per heavy atom. The van der Waals surface area contributed by atoms with Crippen LogP contribution in [0.15, 0.2) is 36.8 Å². The lowest BCUT2D eigenvalue weighted by atomic mass is 9.96. The molecule has 2 aliphatic rings. The van der Waals surface area contributed by atoms with Crippen molar-refractivity contribution in [2.45, 2.75) is 19.4 Å². The molecule has 1 aromatic carbocycles. The number of fused-ring (bicyclic) bond motifs is 3. The van der Waals surface area contributed by atoms with E-state index in [-0.39, 0.29) is 18.3 Å². The molecule has 9 heteroatoms. The van der Waals surface area contributed by atoms with Gasteiger partial charge >= 0.3 is 0 Å². The van der Waals surface area contributed by atoms with Gasteiger partial charge < -0.3 is 14.8 Å². The number of rotatable bonds is 1. The summed E-state index contributed by atoms with van der Waals surface area (Å²) < 4.78 is 28.5. The number of hydrogen-bond acceptors (Lipinski definition) is 6. The van der Waals surface area contributed by atoms with Crippen LogP contribution in [0.2, 0.25) is 5.02 Å². The topological polar surface area (TPSA) is 73.6 Å². The van der Waals surface area contributed by atoms with Crippen LogP contribution in [0.3, 0.4) is 0 Å². The summed E-state index contributed by atoms with van der Waals surface area (Å²) in [5.41, 5.74) is 4.37. The SMILES string of the molecule is Cc1nccc(-c2cc3c(n4cnnc24)NCc2c(F)ccc4c2[C@H](CO4)CO3)c1Cl. The van der Waals surface area contributed by atoms with Gasteiger partial charge in [0.25, 0.3) is 0 Å². The molecule has 3 aromatic heterocycles. The third kappa shape index (κ3) is 2.75. The van der Waals surface area contributed by atoms with Gasteiger partial charge in [0.1, 0.15) is 17.9 Å². The van der Waals surface area contributed by atoms with E-state index in [1.807, 2.05) is 19.1 Å². The molecule has 0 aliphatic carbocycles. The highest BCUT2D eigenvalue weighted by Crippen LogP contribution is 2.42. The van der Waals surface area contributed by atoms with Crippen molar-refractivity contribution in [3.05, 3.63) is 64.5 Å². The fourth-order valence-electron chi connectivity index (χ4n) is 4.34. The maximum atomic E-state index is 14.7. The van der Waals surface area contributed by atoms with Crippen molar-refractivity contribution in [3.8, 4) is 22.6 Å².